The van der Waals surface area contributed by atoms with Crippen molar-refractivity contribution in [1.29, 1.82) is 0 Å². The van der Waals surface area contributed by atoms with Crippen molar-refractivity contribution in [2.45, 2.75) is 44.9 Å². The van der Waals surface area contributed by atoms with Crippen molar-refractivity contribution in [2.75, 3.05) is 13.1 Å². The van der Waals surface area contributed by atoms with Gasteiger partial charge < -0.3 is 14.7 Å². The zero-order valence-corrected chi connectivity index (χ0v) is 10.4. The summed E-state index contributed by atoms with van der Waals surface area (Å²) in [5.74, 6) is 0. The molecule has 0 saturated carbocycles. The van der Waals surface area contributed by atoms with Crippen molar-refractivity contribution >= 4 is 6.09 Å². The Kier molecular flexibility index (Phi) is 3.85. The third-order valence-electron chi connectivity index (χ3n) is 2.33. The monoisotopic (exact) mass is 242 g/mol. The number of carbonyl (C=O) groups excluding carboxylic acids is 1. The number of azide groups is 1. The number of rotatable bonds is 1. The van der Waals surface area contributed by atoms with Gasteiger partial charge in [0.25, 0.3) is 0 Å². The molecule has 0 aromatic heterocycles. The van der Waals surface area contributed by atoms with Crippen LogP contribution in [0, 0.1) is 0 Å². The van der Waals surface area contributed by atoms with Crippen LogP contribution >= 0.6 is 0 Å². The predicted molar refractivity (Wildman–Crippen MR) is 61.1 cm³/mol. The van der Waals surface area contributed by atoms with E-state index >= 15 is 0 Å². The summed E-state index contributed by atoms with van der Waals surface area (Å²) in [5.41, 5.74) is 6.27. The molecule has 1 fully saturated rings. The van der Waals surface area contributed by atoms with Crippen LogP contribution in [-0.4, -0.2) is 40.5 Å². The van der Waals surface area contributed by atoms with Gasteiger partial charge in [-0.25, -0.2) is 4.79 Å². The summed E-state index contributed by atoms with van der Waals surface area (Å²) in [6.45, 7) is 5.79. The van der Waals surface area contributed by atoms with Gasteiger partial charge in [-0.2, -0.15) is 0 Å². The van der Waals surface area contributed by atoms with Crippen LogP contribution < -0.4 is 0 Å². The van der Waals surface area contributed by atoms with Gasteiger partial charge in [-0.05, 0) is 39.1 Å². The van der Waals surface area contributed by atoms with Gasteiger partial charge in [0.1, 0.15) is 5.60 Å². The van der Waals surface area contributed by atoms with Gasteiger partial charge in [0.05, 0.1) is 6.54 Å². The van der Waals surface area contributed by atoms with Crippen molar-refractivity contribution in [3.05, 3.63) is 10.4 Å². The average molecular weight is 242 g/mol. The highest BCUT2D eigenvalue weighted by atomic mass is 16.6. The molecule has 0 aromatic carbocycles. The Hall–Kier alpha value is -1.46. The lowest BCUT2D eigenvalue weighted by Crippen LogP contribution is -2.50. The lowest BCUT2D eigenvalue weighted by molar-refractivity contribution is -0.0389. The molecule has 1 rings (SSSR count). The van der Waals surface area contributed by atoms with E-state index in [9.17, 15) is 9.90 Å². The van der Waals surface area contributed by atoms with Gasteiger partial charge >= 0.3 is 6.09 Å². The second-order valence-corrected chi connectivity index (χ2v) is 5.18. The number of carbonyl (C=O) groups is 1. The molecule has 0 spiro atoms. The first-order chi connectivity index (χ1) is 7.76. The Balaban J connectivity index is 2.67. The minimum Gasteiger partial charge on any atom is -0.444 e. The summed E-state index contributed by atoms with van der Waals surface area (Å²) in [7, 11) is 0. The van der Waals surface area contributed by atoms with Gasteiger partial charge in [0, 0.05) is 11.5 Å². The lowest BCUT2D eigenvalue weighted by Gasteiger charge is -2.36. The fourth-order valence-electron chi connectivity index (χ4n) is 1.66. The highest BCUT2D eigenvalue weighted by molar-refractivity contribution is 5.68. The minimum atomic E-state index is -1.51. The van der Waals surface area contributed by atoms with Crippen LogP contribution in [0.1, 0.15) is 33.6 Å². The van der Waals surface area contributed by atoms with E-state index in [-0.39, 0.29) is 6.54 Å². The first-order valence-corrected chi connectivity index (χ1v) is 5.52. The molecule has 0 aliphatic carbocycles. The Labute approximate surface area is 100.0 Å². The lowest BCUT2D eigenvalue weighted by atomic mass is 10.0. The van der Waals surface area contributed by atoms with E-state index < -0.39 is 17.4 Å². The Morgan fingerprint density at radius 1 is 1.59 bits per heavy atom. The summed E-state index contributed by atoms with van der Waals surface area (Å²) in [6, 6.07) is 0. The number of piperidine rings is 1. The standard InChI is InChI=1S/C10H18N4O3/c1-9(2,3)17-8(15)14-6-4-5-10(16,7-14)12-13-11/h16H,4-7H2,1-3H3. The van der Waals surface area contributed by atoms with E-state index in [0.29, 0.717) is 19.4 Å². The van der Waals surface area contributed by atoms with Gasteiger partial charge in [-0.3, -0.25) is 0 Å². The first-order valence-electron chi connectivity index (χ1n) is 5.52. The van der Waals surface area contributed by atoms with Gasteiger partial charge in [-0.15, -0.1) is 0 Å². The van der Waals surface area contributed by atoms with Crippen LogP contribution in [0.3, 0.4) is 0 Å². The number of β-amino-alcohol motifs (C(OH)–C–C–N with tert-alkyl or cyclic N) is 1. The van der Waals surface area contributed by atoms with Crippen molar-refractivity contribution in [2.24, 2.45) is 5.11 Å². The molecule has 7 nitrogen and oxygen atoms in total. The van der Waals surface area contributed by atoms with Gasteiger partial charge in [-0.1, -0.05) is 5.11 Å². The average Bonchev–Trinajstić information content (AvgIpc) is 2.14. The first kappa shape index (κ1) is 13.6. The number of aliphatic hydroxyl groups is 1. The summed E-state index contributed by atoms with van der Waals surface area (Å²) >= 11 is 0. The normalized spacial score (nSPS) is 25.1. The number of hydrogen-bond acceptors (Lipinski definition) is 4. The van der Waals surface area contributed by atoms with E-state index in [1.54, 1.807) is 20.8 Å². The second-order valence-electron chi connectivity index (χ2n) is 5.18. The number of nitrogens with zero attached hydrogens (tertiary/aromatic N) is 4. The van der Waals surface area contributed by atoms with E-state index in [4.69, 9.17) is 10.3 Å². The molecule has 7 heteroatoms. The number of ether oxygens (including phenoxy) is 1. The minimum absolute atomic E-state index is 0.0219. The zero-order valence-electron chi connectivity index (χ0n) is 10.4. The number of hydrogen-bond donors (Lipinski definition) is 1. The van der Waals surface area contributed by atoms with Crippen molar-refractivity contribution in [3.8, 4) is 0 Å². The van der Waals surface area contributed by atoms with Crippen LogP contribution in [0.15, 0.2) is 5.11 Å². The van der Waals surface area contributed by atoms with Crippen molar-refractivity contribution < 1.29 is 14.6 Å². The summed E-state index contributed by atoms with van der Waals surface area (Å²) in [4.78, 5) is 15.7. The van der Waals surface area contributed by atoms with Crippen LogP contribution in [0.2, 0.25) is 0 Å². The molecule has 1 N–H and O–H groups in total. The molecule has 1 unspecified atom stereocenters. The molecule has 1 heterocycles. The van der Waals surface area contributed by atoms with E-state index in [2.05, 4.69) is 10.0 Å². The molecule has 0 radical (unpaired) electrons. The van der Waals surface area contributed by atoms with E-state index in [0.717, 1.165) is 0 Å². The quantitative estimate of drug-likeness (QED) is 0.432. The maximum atomic E-state index is 11.8. The third kappa shape index (κ3) is 4.13. The SMILES string of the molecule is CC(C)(C)OC(=O)N1CCCC(O)(N=[N+]=[N-])C1. The molecule has 1 aliphatic rings. The maximum Gasteiger partial charge on any atom is 0.410 e. The number of likely N-dealkylation sites (tertiary alicyclic amines) is 1. The molecule has 0 bridgehead atoms. The maximum absolute atomic E-state index is 11.8. The summed E-state index contributed by atoms with van der Waals surface area (Å²) in [6.07, 6.45) is 0.439. The van der Waals surface area contributed by atoms with Crippen LogP contribution in [0.25, 0.3) is 10.4 Å². The van der Waals surface area contributed by atoms with Crippen molar-refractivity contribution in [1.82, 2.24) is 4.90 Å². The molecule has 0 aromatic rings. The Morgan fingerprint density at radius 3 is 2.76 bits per heavy atom. The molecule has 1 atom stereocenters. The summed E-state index contributed by atoms with van der Waals surface area (Å²) in [5, 5.41) is 13.3. The Bertz CT molecular complexity index is 346. The van der Waals surface area contributed by atoms with Crippen LogP contribution in [-0.2, 0) is 4.74 Å². The fourth-order valence-corrected chi connectivity index (χ4v) is 1.66. The van der Waals surface area contributed by atoms with Gasteiger partial charge in [0.15, 0.2) is 5.72 Å². The molecule has 1 saturated heterocycles. The van der Waals surface area contributed by atoms with Gasteiger partial charge in [0.2, 0.25) is 0 Å². The highest BCUT2D eigenvalue weighted by Crippen LogP contribution is 2.24. The van der Waals surface area contributed by atoms with Crippen molar-refractivity contribution in [3.63, 3.8) is 0 Å². The van der Waals surface area contributed by atoms with E-state index in [1.165, 1.54) is 4.90 Å². The molecular formula is C10H18N4O3. The van der Waals surface area contributed by atoms with Crippen LogP contribution in [0.5, 0.6) is 0 Å². The zero-order chi connectivity index (χ0) is 13.1. The van der Waals surface area contributed by atoms with Crippen LogP contribution in [0.4, 0.5) is 4.79 Å². The summed E-state index contributed by atoms with van der Waals surface area (Å²) < 4.78 is 5.19. The molecule has 96 valence electrons. The molecular weight excluding hydrogens is 224 g/mol. The number of amides is 1. The second kappa shape index (κ2) is 4.81. The smallest absolute Gasteiger partial charge is 0.410 e. The predicted octanol–water partition coefficient (Wildman–Crippen LogP) is 2.02. The topological polar surface area (TPSA) is 98.5 Å². The van der Waals surface area contributed by atoms with E-state index in [1.807, 2.05) is 0 Å². The molecule has 1 amide bonds. The highest BCUT2D eigenvalue weighted by Gasteiger charge is 2.36. The molecule has 17 heavy (non-hydrogen) atoms. The third-order valence-corrected chi connectivity index (χ3v) is 2.33. The molecule has 1 aliphatic heterocycles. The largest absolute Gasteiger partial charge is 0.444 e. The Morgan fingerprint density at radius 2 is 2.24 bits per heavy atom. The fraction of sp³-hybridized carbons (Fsp3) is 0.900.